The third kappa shape index (κ3) is 9.48. The van der Waals surface area contributed by atoms with Crippen molar-refractivity contribution in [2.45, 2.75) is 50.6 Å². The van der Waals surface area contributed by atoms with Gasteiger partial charge in [0.1, 0.15) is 12.6 Å². The van der Waals surface area contributed by atoms with Gasteiger partial charge in [0.25, 0.3) is 10.0 Å². The van der Waals surface area contributed by atoms with Crippen LogP contribution in [0.15, 0.2) is 102 Å². The number of aryl methyl sites for hydroxylation is 1. The summed E-state index contributed by atoms with van der Waals surface area (Å²) < 4.78 is 29.3. The zero-order valence-electron chi connectivity index (χ0n) is 25.6. The van der Waals surface area contributed by atoms with Crippen LogP contribution in [0.2, 0.25) is 15.1 Å². The van der Waals surface area contributed by atoms with Crippen molar-refractivity contribution in [1.82, 2.24) is 10.2 Å². The fourth-order valence-corrected chi connectivity index (χ4v) is 7.07. The molecule has 0 aliphatic heterocycles. The number of unbranched alkanes of at least 4 members (excludes halogenated alkanes) is 1. The first kappa shape index (κ1) is 35.3. The molecular weight excluding hydrogens is 665 g/mol. The molecule has 4 aromatic carbocycles. The van der Waals surface area contributed by atoms with Crippen molar-refractivity contribution in [1.29, 1.82) is 0 Å². The Bertz CT molecular complexity index is 1730. The van der Waals surface area contributed by atoms with Crippen LogP contribution in [0, 0.1) is 6.92 Å². The Labute approximate surface area is 286 Å². The van der Waals surface area contributed by atoms with E-state index in [4.69, 9.17) is 34.8 Å². The number of hydrogen-bond acceptors (Lipinski definition) is 4. The maximum Gasteiger partial charge on any atom is 0.264 e. The standard InChI is InChI=1S/C35H36Cl3N3O4S/c1-3-4-17-39-35(43)33(19-26-9-6-5-7-10-26)40(23-27-11-8-12-28(36)18-27)34(42)24-41(31-21-29(37)20-30(38)22-31)46(44,45)32-15-13-25(2)14-16-32/h5-16,18,20-22,33H,3-4,17,19,23-24H2,1-2H3,(H,39,43). The van der Waals surface area contributed by atoms with Gasteiger partial charge < -0.3 is 10.2 Å². The summed E-state index contributed by atoms with van der Waals surface area (Å²) in [5, 5.41) is 3.84. The van der Waals surface area contributed by atoms with E-state index < -0.39 is 28.5 Å². The highest BCUT2D eigenvalue weighted by atomic mass is 35.5. The number of amides is 2. The summed E-state index contributed by atoms with van der Waals surface area (Å²) in [4.78, 5) is 29.8. The summed E-state index contributed by atoms with van der Waals surface area (Å²) in [5.74, 6) is -0.940. The molecule has 0 fully saturated rings. The molecule has 0 saturated heterocycles. The van der Waals surface area contributed by atoms with Crippen molar-refractivity contribution in [2.75, 3.05) is 17.4 Å². The summed E-state index contributed by atoms with van der Waals surface area (Å²) in [6.45, 7) is 3.69. The van der Waals surface area contributed by atoms with Crippen LogP contribution < -0.4 is 9.62 Å². The Morgan fingerprint density at radius 1 is 0.804 bits per heavy atom. The summed E-state index contributed by atoms with van der Waals surface area (Å²) in [6.07, 6.45) is 1.85. The van der Waals surface area contributed by atoms with Gasteiger partial charge in [-0.05, 0) is 66.9 Å². The van der Waals surface area contributed by atoms with Gasteiger partial charge in [0.15, 0.2) is 0 Å². The van der Waals surface area contributed by atoms with Crippen LogP contribution >= 0.6 is 34.8 Å². The van der Waals surface area contributed by atoms with Gasteiger partial charge in [0.05, 0.1) is 10.6 Å². The SMILES string of the molecule is CCCCNC(=O)C(Cc1ccccc1)N(Cc1cccc(Cl)c1)C(=O)CN(c1cc(Cl)cc(Cl)c1)S(=O)(=O)c1ccc(C)cc1. The van der Waals surface area contributed by atoms with E-state index in [1.165, 1.54) is 35.2 Å². The number of nitrogens with one attached hydrogen (secondary N) is 1. The van der Waals surface area contributed by atoms with E-state index in [2.05, 4.69) is 5.32 Å². The monoisotopic (exact) mass is 699 g/mol. The molecule has 7 nitrogen and oxygen atoms in total. The van der Waals surface area contributed by atoms with Gasteiger partial charge >= 0.3 is 0 Å². The van der Waals surface area contributed by atoms with Crippen LogP contribution in [0.3, 0.4) is 0 Å². The third-order valence-corrected chi connectivity index (χ3v) is 9.83. The molecule has 0 bridgehead atoms. The Hall–Kier alpha value is -3.56. The topological polar surface area (TPSA) is 86.8 Å². The number of nitrogens with zero attached hydrogens (tertiary/aromatic N) is 2. The zero-order valence-corrected chi connectivity index (χ0v) is 28.7. The van der Waals surface area contributed by atoms with Crippen molar-refractivity contribution < 1.29 is 18.0 Å². The molecule has 4 aromatic rings. The molecule has 0 aromatic heterocycles. The van der Waals surface area contributed by atoms with Crippen LogP contribution in [0.4, 0.5) is 5.69 Å². The number of anilines is 1. The first-order chi connectivity index (χ1) is 22.0. The predicted octanol–water partition coefficient (Wildman–Crippen LogP) is 7.71. The molecule has 0 heterocycles. The predicted molar refractivity (Wildman–Crippen MR) is 186 cm³/mol. The molecule has 46 heavy (non-hydrogen) atoms. The van der Waals surface area contributed by atoms with E-state index in [0.29, 0.717) is 17.1 Å². The molecule has 4 rings (SSSR count). The van der Waals surface area contributed by atoms with Crippen LogP contribution in [0.5, 0.6) is 0 Å². The Balaban J connectivity index is 1.81. The molecule has 1 atom stereocenters. The number of benzene rings is 4. The van der Waals surface area contributed by atoms with Crippen LogP contribution in [0.25, 0.3) is 0 Å². The molecule has 0 spiro atoms. The Morgan fingerprint density at radius 3 is 2.09 bits per heavy atom. The van der Waals surface area contributed by atoms with Crippen molar-refractivity contribution in [2.24, 2.45) is 0 Å². The highest BCUT2D eigenvalue weighted by Crippen LogP contribution is 2.30. The van der Waals surface area contributed by atoms with Gasteiger partial charge in [-0.1, -0.05) is 108 Å². The van der Waals surface area contributed by atoms with E-state index in [1.807, 2.05) is 44.2 Å². The van der Waals surface area contributed by atoms with Gasteiger partial charge in [0.2, 0.25) is 11.8 Å². The molecule has 2 amide bonds. The van der Waals surface area contributed by atoms with Crippen LogP contribution in [-0.2, 0) is 32.6 Å². The van der Waals surface area contributed by atoms with E-state index >= 15 is 0 Å². The average molecular weight is 701 g/mol. The van der Waals surface area contributed by atoms with Gasteiger partial charge in [-0.3, -0.25) is 13.9 Å². The maximum atomic E-state index is 14.5. The molecule has 1 unspecified atom stereocenters. The van der Waals surface area contributed by atoms with Crippen molar-refractivity contribution in [3.63, 3.8) is 0 Å². The van der Waals surface area contributed by atoms with Gasteiger partial charge in [0, 0.05) is 34.6 Å². The molecule has 0 aliphatic carbocycles. The van der Waals surface area contributed by atoms with Gasteiger partial charge in [-0.25, -0.2) is 8.42 Å². The second-order valence-electron chi connectivity index (χ2n) is 11.0. The number of hydrogen-bond donors (Lipinski definition) is 1. The maximum absolute atomic E-state index is 14.5. The fraction of sp³-hybridized carbons (Fsp3) is 0.257. The number of carbonyl (C=O) groups is 2. The van der Waals surface area contributed by atoms with E-state index in [1.54, 1.807) is 36.4 Å². The molecule has 1 N–H and O–H groups in total. The quantitative estimate of drug-likeness (QED) is 0.137. The lowest BCUT2D eigenvalue weighted by molar-refractivity contribution is -0.140. The van der Waals surface area contributed by atoms with Gasteiger partial charge in [-0.2, -0.15) is 0 Å². The van der Waals surface area contributed by atoms with Crippen LogP contribution in [-0.4, -0.2) is 44.3 Å². The second-order valence-corrected chi connectivity index (χ2v) is 14.1. The lowest BCUT2D eigenvalue weighted by Crippen LogP contribution is -2.53. The van der Waals surface area contributed by atoms with Crippen molar-refractivity contribution in [3.8, 4) is 0 Å². The third-order valence-electron chi connectivity index (χ3n) is 7.37. The normalized spacial score (nSPS) is 11.9. The molecule has 242 valence electrons. The van der Waals surface area contributed by atoms with E-state index in [0.717, 1.165) is 28.3 Å². The van der Waals surface area contributed by atoms with E-state index in [-0.39, 0.29) is 39.5 Å². The summed E-state index contributed by atoms with van der Waals surface area (Å²) >= 11 is 18.9. The summed E-state index contributed by atoms with van der Waals surface area (Å²) in [7, 11) is -4.29. The van der Waals surface area contributed by atoms with E-state index in [9.17, 15) is 18.0 Å². The lowest BCUT2D eigenvalue weighted by atomic mass is 10.0. The molecule has 11 heteroatoms. The summed E-state index contributed by atoms with van der Waals surface area (Å²) in [6, 6.07) is 26.1. The highest BCUT2D eigenvalue weighted by molar-refractivity contribution is 7.92. The Kier molecular flexibility index (Phi) is 12.5. The minimum atomic E-state index is -4.29. The summed E-state index contributed by atoms with van der Waals surface area (Å²) in [5.41, 5.74) is 2.51. The number of carbonyl (C=O) groups excluding carboxylic acids is 2. The molecule has 0 aliphatic rings. The minimum Gasteiger partial charge on any atom is -0.354 e. The highest BCUT2D eigenvalue weighted by Gasteiger charge is 2.35. The largest absolute Gasteiger partial charge is 0.354 e. The van der Waals surface area contributed by atoms with Crippen LogP contribution in [0.1, 0.15) is 36.5 Å². The first-order valence-corrected chi connectivity index (χ1v) is 17.5. The fourth-order valence-electron chi connectivity index (χ4n) is 4.94. The number of halogens is 3. The van der Waals surface area contributed by atoms with Gasteiger partial charge in [-0.15, -0.1) is 0 Å². The molecule has 0 saturated carbocycles. The Morgan fingerprint density at radius 2 is 1.46 bits per heavy atom. The van der Waals surface area contributed by atoms with Crippen molar-refractivity contribution >= 4 is 62.3 Å². The lowest BCUT2D eigenvalue weighted by Gasteiger charge is -2.34. The second kappa shape index (κ2) is 16.3. The number of rotatable bonds is 14. The number of sulfonamides is 1. The first-order valence-electron chi connectivity index (χ1n) is 14.9. The van der Waals surface area contributed by atoms with Crippen molar-refractivity contribution in [3.05, 3.63) is 129 Å². The average Bonchev–Trinajstić information content (AvgIpc) is 3.01. The molecule has 0 radical (unpaired) electrons. The smallest absolute Gasteiger partial charge is 0.264 e. The molecular formula is C35H36Cl3N3O4S. The minimum absolute atomic E-state index is 0.00676. The zero-order chi connectivity index (χ0) is 33.3.